The van der Waals surface area contributed by atoms with Gasteiger partial charge in [-0.05, 0) is 11.6 Å². The molecule has 2 heterocycles. The molecule has 0 saturated heterocycles. The summed E-state index contributed by atoms with van der Waals surface area (Å²) in [6.45, 7) is 1.07. The summed E-state index contributed by atoms with van der Waals surface area (Å²) in [6, 6.07) is 10.4. The van der Waals surface area contributed by atoms with E-state index in [2.05, 4.69) is 10.3 Å². The van der Waals surface area contributed by atoms with Crippen LogP contribution in [0.15, 0.2) is 36.4 Å². The number of alkyl halides is 1. The van der Waals surface area contributed by atoms with E-state index in [1.807, 2.05) is 28.8 Å². The first-order valence-electron chi connectivity index (χ1n) is 7.30. The van der Waals surface area contributed by atoms with Crippen molar-refractivity contribution in [3.05, 3.63) is 53.3 Å². The molecule has 4 rings (SSSR count). The van der Waals surface area contributed by atoms with Crippen LogP contribution in [-0.4, -0.2) is 22.0 Å². The SMILES string of the molecule is O=C1NCCn2c(-c3ccc(CCl)cc3)nc3cc(F)cc1c32. The van der Waals surface area contributed by atoms with E-state index in [9.17, 15) is 9.18 Å². The molecule has 116 valence electrons. The Labute approximate surface area is 136 Å². The second kappa shape index (κ2) is 5.35. The van der Waals surface area contributed by atoms with Crippen LogP contribution in [0.4, 0.5) is 4.39 Å². The van der Waals surface area contributed by atoms with Gasteiger partial charge in [0.2, 0.25) is 0 Å². The fraction of sp³-hybridized carbons (Fsp3) is 0.176. The van der Waals surface area contributed by atoms with Crippen LogP contribution >= 0.6 is 11.6 Å². The average molecular weight is 330 g/mol. The van der Waals surface area contributed by atoms with E-state index in [4.69, 9.17) is 11.6 Å². The van der Waals surface area contributed by atoms with Gasteiger partial charge in [0, 0.05) is 30.6 Å². The molecule has 2 aromatic carbocycles. The first-order valence-corrected chi connectivity index (χ1v) is 7.84. The second-order valence-corrected chi connectivity index (χ2v) is 5.76. The van der Waals surface area contributed by atoms with Crippen LogP contribution in [0.25, 0.3) is 22.4 Å². The normalized spacial score (nSPS) is 13.9. The van der Waals surface area contributed by atoms with Crippen molar-refractivity contribution in [1.82, 2.24) is 14.9 Å². The Morgan fingerprint density at radius 3 is 2.78 bits per heavy atom. The summed E-state index contributed by atoms with van der Waals surface area (Å²) < 4.78 is 15.8. The minimum absolute atomic E-state index is 0.266. The Hall–Kier alpha value is -2.40. The molecule has 0 bridgehead atoms. The molecule has 6 heteroatoms. The molecule has 1 aromatic heterocycles. The number of nitrogens with zero attached hydrogens (tertiary/aromatic N) is 2. The van der Waals surface area contributed by atoms with Gasteiger partial charge in [0.05, 0.1) is 16.6 Å². The summed E-state index contributed by atoms with van der Waals surface area (Å²) in [5.74, 6) is 0.449. The van der Waals surface area contributed by atoms with E-state index in [1.165, 1.54) is 12.1 Å². The third-order valence-corrected chi connectivity index (χ3v) is 4.35. The molecule has 1 N–H and O–H groups in total. The van der Waals surface area contributed by atoms with Crippen LogP contribution in [0.5, 0.6) is 0 Å². The number of rotatable bonds is 2. The highest BCUT2D eigenvalue weighted by molar-refractivity contribution is 6.17. The van der Waals surface area contributed by atoms with E-state index in [1.54, 1.807) is 0 Å². The lowest BCUT2D eigenvalue weighted by Gasteiger charge is -2.07. The van der Waals surface area contributed by atoms with Crippen LogP contribution in [0, 0.1) is 5.82 Å². The van der Waals surface area contributed by atoms with E-state index in [0.717, 1.165) is 17.0 Å². The molecule has 0 atom stereocenters. The molecule has 1 amide bonds. The van der Waals surface area contributed by atoms with Gasteiger partial charge in [-0.1, -0.05) is 24.3 Å². The van der Waals surface area contributed by atoms with Crippen molar-refractivity contribution in [2.24, 2.45) is 0 Å². The summed E-state index contributed by atoms with van der Waals surface area (Å²) in [5, 5.41) is 2.79. The molecule has 0 unspecified atom stereocenters. The fourth-order valence-electron chi connectivity index (χ4n) is 2.96. The maximum Gasteiger partial charge on any atom is 0.253 e. The highest BCUT2D eigenvalue weighted by Crippen LogP contribution is 2.29. The van der Waals surface area contributed by atoms with Crippen molar-refractivity contribution in [3.63, 3.8) is 0 Å². The molecule has 0 spiro atoms. The van der Waals surface area contributed by atoms with Crippen LogP contribution in [0.1, 0.15) is 15.9 Å². The van der Waals surface area contributed by atoms with Gasteiger partial charge < -0.3 is 9.88 Å². The van der Waals surface area contributed by atoms with Crippen LogP contribution in [0.2, 0.25) is 0 Å². The fourth-order valence-corrected chi connectivity index (χ4v) is 3.14. The first-order chi connectivity index (χ1) is 11.2. The van der Waals surface area contributed by atoms with Gasteiger partial charge in [-0.3, -0.25) is 4.79 Å². The third-order valence-electron chi connectivity index (χ3n) is 4.04. The molecule has 0 radical (unpaired) electrons. The summed E-state index contributed by atoms with van der Waals surface area (Å²) in [4.78, 5) is 16.7. The molecular formula is C17H13ClFN3O. The summed E-state index contributed by atoms with van der Waals surface area (Å²) in [7, 11) is 0. The Morgan fingerprint density at radius 2 is 2.04 bits per heavy atom. The van der Waals surface area contributed by atoms with Gasteiger partial charge in [-0.2, -0.15) is 0 Å². The molecule has 1 aliphatic heterocycles. The van der Waals surface area contributed by atoms with Crippen molar-refractivity contribution in [2.45, 2.75) is 12.4 Å². The van der Waals surface area contributed by atoms with Gasteiger partial charge in [-0.15, -0.1) is 11.6 Å². The zero-order valence-electron chi connectivity index (χ0n) is 12.1. The van der Waals surface area contributed by atoms with Gasteiger partial charge in [0.15, 0.2) is 0 Å². The number of imidazole rings is 1. The summed E-state index contributed by atoms with van der Waals surface area (Å²) in [6.07, 6.45) is 0. The van der Waals surface area contributed by atoms with Crippen molar-refractivity contribution in [2.75, 3.05) is 6.54 Å². The van der Waals surface area contributed by atoms with Gasteiger partial charge in [0.1, 0.15) is 11.6 Å². The van der Waals surface area contributed by atoms with Crippen molar-refractivity contribution < 1.29 is 9.18 Å². The van der Waals surface area contributed by atoms with E-state index in [0.29, 0.717) is 35.6 Å². The van der Waals surface area contributed by atoms with Crippen LogP contribution < -0.4 is 5.32 Å². The minimum Gasteiger partial charge on any atom is -0.350 e. The summed E-state index contributed by atoms with van der Waals surface area (Å²) in [5.41, 5.74) is 3.43. The lowest BCUT2D eigenvalue weighted by Crippen LogP contribution is -2.24. The second-order valence-electron chi connectivity index (χ2n) is 5.49. The molecule has 0 fully saturated rings. The monoisotopic (exact) mass is 329 g/mol. The number of benzene rings is 2. The van der Waals surface area contributed by atoms with Gasteiger partial charge in [0.25, 0.3) is 5.91 Å². The van der Waals surface area contributed by atoms with Crippen molar-refractivity contribution in [3.8, 4) is 11.4 Å². The third kappa shape index (κ3) is 2.28. The number of aromatic nitrogens is 2. The Kier molecular flexibility index (Phi) is 3.31. The smallest absolute Gasteiger partial charge is 0.253 e. The molecule has 0 saturated carbocycles. The molecular weight excluding hydrogens is 317 g/mol. The number of amides is 1. The quantitative estimate of drug-likeness (QED) is 0.733. The summed E-state index contributed by atoms with van der Waals surface area (Å²) >= 11 is 5.82. The number of hydrogen-bond acceptors (Lipinski definition) is 2. The van der Waals surface area contributed by atoms with Gasteiger partial charge in [-0.25, -0.2) is 9.37 Å². The lowest BCUT2D eigenvalue weighted by molar-refractivity contribution is 0.0956. The molecule has 23 heavy (non-hydrogen) atoms. The van der Waals surface area contributed by atoms with Crippen molar-refractivity contribution >= 4 is 28.5 Å². The Balaban J connectivity index is 1.98. The van der Waals surface area contributed by atoms with Crippen LogP contribution in [0.3, 0.4) is 0 Å². The minimum atomic E-state index is -0.460. The van der Waals surface area contributed by atoms with Crippen LogP contribution in [-0.2, 0) is 12.4 Å². The number of hydrogen-bond donors (Lipinski definition) is 1. The average Bonchev–Trinajstić information content (AvgIpc) is 2.83. The molecule has 3 aromatic rings. The Morgan fingerprint density at radius 1 is 1.26 bits per heavy atom. The predicted octanol–water partition coefficient (Wildman–Crippen LogP) is 3.32. The van der Waals surface area contributed by atoms with Gasteiger partial charge >= 0.3 is 0 Å². The number of carbonyl (C=O) groups excluding carboxylic acids is 1. The predicted molar refractivity (Wildman–Crippen MR) is 87.0 cm³/mol. The molecule has 4 nitrogen and oxygen atoms in total. The zero-order valence-corrected chi connectivity index (χ0v) is 12.9. The van der Waals surface area contributed by atoms with E-state index >= 15 is 0 Å². The zero-order chi connectivity index (χ0) is 16.0. The largest absolute Gasteiger partial charge is 0.350 e. The lowest BCUT2D eigenvalue weighted by atomic mass is 10.1. The topological polar surface area (TPSA) is 46.9 Å². The van der Waals surface area contributed by atoms with Crippen molar-refractivity contribution in [1.29, 1.82) is 0 Å². The molecule has 0 aliphatic carbocycles. The van der Waals surface area contributed by atoms with E-state index in [-0.39, 0.29) is 5.91 Å². The number of halogens is 2. The Bertz CT molecular complexity index is 918. The standard InChI is InChI=1S/C17H13ClFN3O/c18-9-10-1-3-11(4-2-10)16-21-14-8-12(19)7-13-15(14)22(16)6-5-20-17(13)23/h1-4,7-8H,5-6,9H2,(H,20,23). The van der Waals surface area contributed by atoms with E-state index < -0.39 is 5.82 Å². The first kappa shape index (κ1) is 14.2. The number of nitrogens with one attached hydrogen (secondary N) is 1. The maximum absolute atomic E-state index is 13.8. The highest BCUT2D eigenvalue weighted by Gasteiger charge is 2.23. The number of carbonyl (C=O) groups is 1. The maximum atomic E-state index is 13.8. The molecule has 1 aliphatic rings. The highest BCUT2D eigenvalue weighted by atomic mass is 35.5.